The zero-order valence-electron chi connectivity index (χ0n) is 20.3. The number of nitrogens with one attached hydrogen (secondary N) is 1. The molecule has 0 spiro atoms. The summed E-state index contributed by atoms with van der Waals surface area (Å²) in [5.41, 5.74) is 4.62. The van der Waals surface area contributed by atoms with Crippen LogP contribution in [-0.4, -0.2) is 48.0 Å². The second-order valence-corrected chi connectivity index (χ2v) is 9.17. The highest BCUT2D eigenvalue weighted by molar-refractivity contribution is 5.94. The van der Waals surface area contributed by atoms with E-state index in [2.05, 4.69) is 29.3 Å². The Kier molecular flexibility index (Phi) is 7.65. The second kappa shape index (κ2) is 11.0. The van der Waals surface area contributed by atoms with Gasteiger partial charge in [-0.1, -0.05) is 48.0 Å². The van der Waals surface area contributed by atoms with E-state index in [0.29, 0.717) is 37.4 Å². The first kappa shape index (κ1) is 24.3. The maximum atomic E-state index is 12.8. The van der Waals surface area contributed by atoms with Gasteiger partial charge in [-0.2, -0.15) is 0 Å². The van der Waals surface area contributed by atoms with E-state index in [1.165, 1.54) is 5.56 Å². The van der Waals surface area contributed by atoms with Crippen molar-refractivity contribution in [2.24, 2.45) is 0 Å². The Labute approximate surface area is 206 Å². The van der Waals surface area contributed by atoms with Crippen LogP contribution < -0.4 is 10.2 Å². The maximum absolute atomic E-state index is 12.8. The van der Waals surface area contributed by atoms with E-state index in [9.17, 15) is 14.9 Å². The Morgan fingerprint density at radius 2 is 1.69 bits per heavy atom. The van der Waals surface area contributed by atoms with Crippen LogP contribution in [0.1, 0.15) is 34.8 Å². The molecule has 7 heteroatoms. The Morgan fingerprint density at radius 3 is 2.34 bits per heavy atom. The number of piperazine rings is 1. The average molecular weight is 473 g/mol. The summed E-state index contributed by atoms with van der Waals surface area (Å²) in [6.45, 7) is 6.63. The summed E-state index contributed by atoms with van der Waals surface area (Å²) < 4.78 is 0. The fourth-order valence-corrected chi connectivity index (χ4v) is 4.41. The Hall–Kier alpha value is -3.87. The van der Waals surface area contributed by atoms with Crippen molar-refractivity contribution in [3.63, 3.8) is 0 Å². The lowest BCUT2D eigenvalue weighted by atomic mass is 10.1. The van der Waals surface area contributed by atoms with Gasteiger partial charge in [0.2, 0.25) is 0 Å². The molecule has 1 atom stereocenters. The van der Waals surface area contributed by atoms with Crippen LogP contribution in [0.2, 0.25) is 0 Å². The highest BCUT2D eigenvalue weighted by Gasteiger charge is 2.24. The van der Waals surface area contributed by atoms with Crippen molar-refractivity contribution < 1.29 is 9.72 Å². The molecular weight excluding hydrogens is 440 g/mol. The first-order valence-electron chi connectivity index (χ1n) is 12.1. The lowest BCUT2D eigenvalue weighted by molar-refractivity contribution is -0.384. The SMILES string of the molecule is Cc1ccc(C(=O)N2CCN(c3ccc([N+](=O)[O-])c(N[C@H](C)CCc4ccccc4)c3)CC2)cc1. The average Bonchev–Trinajstić information content (AvgIpc) is 2.88. The summed E-state index contributed by atoms with van der Waals surface area (Å²) in [6.07, 6.45) is 1.77. The molecule has 1 heterocycles. The molecule has 1 N–H and O–H groups in total. The third-order valence-electron chi connectivity index (χ3n) is 6.52. The van der Waals surface area contributed by atoms with Crippen LogP contribution in [0.25, 0.3) is 0 Å². The molecule has 0 aromatic heterocycles. The minimum absolute atomic E-state index is 0.0444. The molecule has 182 valence electrons. The predicted molar refractivity (Wildman–Crippen MR) is 140 cm³/mol. The zero-order valence-corrected chi connectivity index (χ0v) is 20.3. The molecule has 1 aliphatic heterocycles. The molecule has 35 heavy (non-hydrogen) atoms. The van der Waals surface area contributed by atoms with Gasteiger partial charge in [0.15, 0.2) is 0 Å². The molecule has 3 aromatic rings. The van der Waals surface area contributed by atoms with Gasteiger partial charge in [-0.25, -0.2) is 0 Å². The van der Waals surface area contributed by atoms with E-state index in [4.69, 9.17) is 0 Å². The smallest absolute Gasteiger partial charge is 0.292 e. The van der Waals surface area contributed by atoms with E-state index in [0.717, 1.165) is 24.1 Å². The van der Waals surface area contributed by atoms with Gasteiger partial charge in [-0.15, -0.1) is 0 Å². The summed E-state index contributed by atoms with van der Waals surface area (Å²) in [7, 11) is 0. The van der Waals surface area contributed by atoms with Crippen molar-refractivity contribution in [1.29, 1.82) is 0 Å². The van der Waals surface area contributed by atoms with Gasteiger partial charge in [0.05, 0.1) is 4.92 Å². The van der Waals surface area contributed by atoms with E-state index < -0.39 is 0 Å². The van der Waals surface area contributed by atoms with Crippen LogP contribution in [0.4, 0.5) is 17.1 Å². The van der Waals surface area contributed by atoms with Crippen LogP contribution in [0, 0.1) is 17.0 Å². The zero-order chi connectivity index (χ0) is 24.8. The van der Waals surface area contributed by atoms with Crippen molar-refractivity contribution >= 4 is 23.0 Å². The Balaban J connectivity index is 1.40. The van der Waals surface area contributed by atoms with Crippen molar-refractivity contribution in [1.82, 2.24) is 4.90 Å². The number of hydrogen-bond acceptors (Lipinski definition) is 5. The standard InChI is InChI=1S/C28H32N4O3/c1-21-8-12-24(13-9-21)28(33)31-18-16-30(17-19-31)25-14-15-27(32(34)35)26(20-25)29-22(2)10-11-23-6-4-3-5-7-23/h3-9,12-15,20,22,29H,10-11,16-19H2,1-2H3/t22-/m1/s1. The predicted octanol–water partition coefficient (Wildman–Crippen LogP) is 5.30. The quantitative estimate of drug-likeness (QED) is 0.356. The first-order valence-corrected chi connectivity index (χ1v) is 12.1. The molecule has 0 saturated carbocycles. The highest BCUT2D eigenvalue weighted by Crippen LogP contribution is 2.31. The summed E-state index contributed by atoms with van der Waals surface area (Å²) in [4.78, 5) is 28.2. The second-order valence-electron chi connectivity index (χ2n) is 9.17. The minimum Gasteiger partial charge on any atom is -0.377 e. The molecule has 0 radical (unpaired) electrons. The number of carbonyl (C=O) groups is 1. The number of anilines is 2. The number of benzene rings is 3. The number of nitrogens with zero attached hydrogens (tertiary/aromatic N) is 3. The lowest BCUT2D eigenvalue weighted by Gasteiger charge is -2.36. The normalized spacial score (nSPS) is 14.5. The molecule has 4 rings (SSSR count). The van der Waals surface area contributed by atoms with Crippen molar-refractivity contribution in [3.8, 4) is 0 Å². The third-order valence-corrected chi connectivity index (χ3v) is 6.52. The van der Waals surface area contributed by atoms with Crippen LogP contribution >= 0.6 is 0 Å². The fourth-order valence-electron chi connectivity index (χ4n) is 4.41. The van der Waals surface area contributed by atoms with E-state index >= 15 is 0 Å². The molecule has 1 fully saturated rings. The van der Waals surface area contributed by atoms with Gasteiger partial charge in [-0.05, 0) is 56.5 Å². The van der Waals surface area contributed by atoms with Gasteiger partial charge in [0.25, 0.3) is 11.6 Å². The first-order chi connectivity index (χ1) is 16.9. The maximum Gasteiger partial charge on any atom is 0.292 e. The van der Waals surface area contributed by atoms with E-state index in [-0.39, 0.29) is 22.6 Å². The third kappa shape index (κ3) is 6.18. The molecule has 0 aliphatic carbocycles. The lowest BCUT2D eigenvalue weighted by Crippen LogP contribution is -2.48. The number of hydrogen-bond donors (Lipinski definition) is 1. The van der Waals surface area contributed by atoms with Crippen molar-refractivity contribution in [2.45, 2.75) is 32.7 Å². The van der Waals surface area contributed by atoms with Crippen LogP contribution in [-0.2, 0) is 6.42 Å². The molecular formula is C28H32N4O3. The highest BCUT2D eigenvalue weighted by atomic mass is 16.6. The van der Waals surface area contributed by atoms with E-state index in [1.54, 1.807) is 12.1 Å². The number of nitro benzene ring substituents is 1. The Bertz CT molecular complexity index is 1160. The summed E-state index contributed by atoms with van der Waals surface area (Å²) in [5, 5.41) is 15.0. The van der Waals surface area contributed by atoms with Crippen molar-refractivity contribution in [2.75, 3.05) is 36.4 Å². The molecule has 1 amide bonds. The number of carbonyl (C=O) groups excluding carboxylic acids is 1. The number of aryl methyl sites for hydroxylation is 2. The molecule has 7 nitrogen and oxygen atoms in total. The molecule has 3 aromatic carbocycles. The minimum atomic E-state index is -0.339. The monoisotopic (exact) mass is 472 g/mol. The number of amides is 1. The molecule has 1 saturated heterocycles. The van der Waals surface area contributed by atoms with Crippen molar-refractivity contribution in [3.05, 3.63) is 99.6 Å². The number of nitro groups is 1. The number of rotatable bonds is 8. The van der Waals surface area contributed by atoms with Crippen LogP contribution in [0.15, 0.2) is 72.8 Å². The summed E-state index contributed by atoms with van der Waals surface area (Å²) >= 11 is 0. The van der Waals surface area contributed by atoms with Gasteiger partial charge < -0.3 is 15.1 Å². The Morgan fingerprint density at radius 1 is 1.00 bits per heavy atom. The van der Waals surface area contributed by atoms with Gasteiger partial charge >= 0.3 is 0 Å². The van der Waals surface area contributed by atoms with Gasteiger partial charge in [-0.3, -0.25) is 14.9 Å². The van der Waals surface area contributed by atoms with Crippen LogP contribution in [0.5, 0.6) is 0 Å². The molecule has 0 bridgehead atoms. The fraction of sp³-hybridized carbons (Fsp3) is 0.321. The van der Waals surface area contributed by atoms with Gasteiger partial charge in [0.1, 0.15) is 5.69 Å². The van der Waals surface area contributed by atoms with E-state index in [1.807, 2.05) is 60.4 Å². The molecule has 0 unspecified atom stereocenters. The molecule has 1 aliphatic rings. The topological polar surface area (TPSA) is 78.7 Å². The summed E-state index contributed by atoms with van der Waals surface area (Å²) in [6, 6.07) is 23.2. The summed E-state index contributed by atoms with van der Waals surface area (Å²) in [5.74, 6) is 0.0444. The van der Waals surface area contributed by atoms with Crippen LogP contribution in [0.3, 0.4) is 0 Å². The largest absolute Gasteiger partial charge is 0.377 e. The van der Waals surface area contributed by atoms with Gasteiger partial charge in [0, 0.05) is 49.5 Å².